The molecule has 1 heterocycles. The summed E-state index contributed by atoms with van der Waals surface area (Å²) in [4.78, 5) is 14.2. The average Bonchev–Trinajstić information content (AvgIpc) is 3.35. The lowest BCUT2D eigenvalue weighted by Gasteiger charge is -2.37. The zero-order valence-corrected chi connectivity index (χ0v) is 22.3. The molecular weight excluding hydrogens is 486 g/mol. The molecule has 3 aromatic carbocycles. The molecule has 1 aliphatic heterocycles. The molecule has 8 nitrogen and oxygen atoms in total. The zero-order valence-electron chi connectivity index (χ0n) is 22.3. The highest BCUT2D eigenvalue weighted by molar-refractivity contribution is 5.76. The summed E-state index contributed by atoms with van der Waals surface area (Å²) in [5, 5.41) is 10.2. The van der Waals surface area contributed by atoms with Gasteiger partial charge in [0.25, 0.3) is 0 Å². The Morgan fingerprint density at radius 3 is 1.58 bits per heavy atom. The highest BCUT2D eigenvalue weighted by Gasteiger charge is 2.40. The number of nitrogens with zero attached hydrogens (tertiary/aromatic N) is 1. The van der Waals surface area contributed by atoms with Crippen LogP contribution in [0.25, 0.3) is 0 Å². The van der Waals surface area contributed by atoms with Gasteiger partial charge in [0.2, 0.25) is 0 Å². The highest BCUT2D eigenvalue weighted by atomic mass is 16.5. The maximum Gasteiger partial charge on any atom is 0.323 e. The zero-order chi connectivity index (χ0) is 27.1. The van der Waals surface area contributed by atoms with Crippen LogP contribution in [0, 0.1) is 0 Å². The minimum atomic E-state index is -0.996. The lowest BCUT2D eigenvalue weighted by Crippen LogP contribution is -2.41. The van der Waals surface area contributed by atoms with Crippen molar-refractivity contribution in [3.05, 3.63) is 89.5 Å². The Hall–Kier alpha value is -3.59. The quantitative estimate of drug-likeness (QED) is 0.303. The SMILES string of the molecule is COC(=O)[C@@H]1C[C@@H](O)CN1CCOC(c1ccc(OC)cc1)(c1ccc(OC)cc1)c1ccc(OC)cc1. The first kappa shape index (κ1) is 27.4. The van der Waals surface area contributed by atoms with E-state index in [0.29, 0.717) is 19.5 Å². The summed E-state index contributed by atoms with van der Waals surface area (Å²) >= 11 is 0. The number of hydrogen-bond acceptors (Lipinski definition) is 8. The number of carbonyl (C=O) groups is 1. The molecule has 202 valence electrons. The molecule has 1 aliphatic rings. The summed E-state index contributed by atoms with van der Waals surface area (Å²) in [6.07, 6.45) is -0.249. The van der Waals surface area contributed by atoms with Gasteiger partial charge in [0.05, 0.1) is 41.2 Å². The number of esters is 1. The van der Waals surface area contributed by atoms with Gasteiger partial charge in [-0.05, 0) is 53.1 Å². The van der Waals surface area contributed by atoms with Crippen LogP contribution in [0.15, 0.2) is 72.8 Å². The van der Waals surface area contributed by atoms with Crippen LogP contribution >= 0.6 is 0 Å². The number of likely N-dealkylation sites (tertiary alicyclic amines) is 1. The fourth-order valence-electron chi connectivity index (χ4n) is 5.05. The van der Waals surface area contributed by atoms with Gasteiger partial charge in [-0.2, -0.15) is 0 Å². The normalized spacial score (nSPS) is 17.7. The molecule has 0 bridgehead atoms. The van der Waals surface area contributed by atoms with Crippen molar-refractivity contribution < 1.29 is 33.6 Å². The van der Waals surface area contributed by atoms with Crippen LogP contribution in [0.1, 0.15) is 23.1 Å². The van der Waals surface area contributed by atoms with E-state index in [9.17, 15) is 9.90 Å². The van der Waals surface area contributed by atoms with E-state index in [1.54, 1.807) is 21.3 Å². The van der Waals surface area contributed by atoms with Crippen LogP contribution in [0.5, 0.6) is 17.2 Å². The van der Waals surface area contributed by atoms with Crippen LogP contribution in [0.2, 0.25) is 0 Å². The van der Waals surface area contributed by atoms with Crippen molar-refractivity contribution in [1.82, 2.24) is 4.90 Å². The first-order valence-electron chi connectivity index (χ1n) is 12.5. The van der Waals surface area contributed by atoms with Crippen molar-refractivity contribution >= 4 is 5.97 Å². The third-order valence-corrected chi connectivity index (χ3v) is 7.04. The van der Waals surface area contributed by atoms with Gasteiger partial charge in [0, 0.05) is 19.5 Å². The van der Waals surface area contributed by atoms with E-state index in [1.807, 2.05) is 77.7 Å². The first-order chi connectivity index (χ1) is 18.4. The van der Waals surface area contributed by atoms with Crippen molar-refractivity contribution in [3.63, 3.8) is 0 Å². The topological polar surface area (TPSA) is 86.7 Å². The Morgan fingerprint density at radius 2 is 1.21 bits per heavy atom. The second-order valence-corrected chi connectivity index (χ2v) is 9.14. The summed E-state index contributed by atoms with van der Waals surface area (Å²) in [5.74, 6) is 1.85. The van der Waals surface area contributed by atoms with E-state index in [2.05, 4.69) is 0 Å². The van der Waals surface area contributed by atoms with E-state index in [4.69, 9.17) is 23.7 Å². The number of ether oxygens (including phenoxy) is 5. The number of hydrogen-bond donors (Lipinski definition) is 1. The van der Waals surface area contributed by atoms with Crippen molar-refractivity contribution in [2.45, 2.75) is 24.2 Å². The summed E-state index contributed by atoms with van der Waals surface area (Å²) in [7, 11) is 6.26. The standard InChI is InChI=1S/C30H35NO7/c1-34-25-11-5-21(6-12-25)30(22-7-13-26(35-2)14-8-22,23-9-15-27(36-3)16-10-23)38-18-17-31-20-24(32)19-28(31)29(33)37-4/h5-16,24,28,32H,17-20H2,1-4H3/t24-,28+/m1/s1. The van der Waals surface area contributed by atoms with E-state index in [0.717, 1.165) is 33.9 Å². The van der Waals surface area contributed by atoms with E-state index in [1.165, 1.54) is 7.11 Å². The number of methoxy groups -OCH3 is 4. The van der Waals surface area contributed by atoms with Gasteiger partial charge < -0.3 is 28.8 Å². The molecule has 0 radical (unpaired) electrons. The number of rotatable bonds is 11. The second kappa shape index (κ2) is 12.3. The molecule has 1 fully saturated rings. The van der Waals surface area contributed by atoms with Gasteiger partial charge in [0.15, 0.2) is 0 Å². The largest absolute Gasteiger partial charge is 0.497 e. The number of carbonyl (C=O) groups excluding carboxylic acids is 1. The predicted molar refractivity (Wildman–Crippen MR) is 143 cm³/mol. The molecule has 0 spiro atoms. The molecule has 0 amide bonds. The predicted octanol–water partition coefficient (Wildman–Crippen LogP) is 3.63. The van der Waals surface area contributed by atoms with E-state index in [-0.39, 0.29) is 12.6 Å². The average molecular weight is 522 g/mol. The third kappa shape index (κ3) is 5.62. The van der Waals surface area contributed by atoms with Gasteiger partial charge in [-0.1, -0.05) is 36.4 Å². The fourth-order valence-corrected chi connectivity index (χ4v) is 5.05. The molecule has 3 aromatic rings. The maximum atomic E-state index is 12.3. The minimum absolute atomic E-state index is 0.282. The molecule has 1 N–H and O–H groups in total. The lowest BCUT2D eigenvalue weighted by atomic mass is 9.80. The Kier molecular flexibility index (Phi) is 8.89. The van der Waals surface area contributed by atoms with Gasteiger partial charge in [-0.25, -0.2) is 0 Å². The molecule has 0 aliphatic carbocycles. The Morgan fingerprint density at radius 1 is 0.789 bits per heavy atom. The summed E-state index contributed by atoms with van der Waals surface area (Å²) < 4.78 is 28.1. The van der Waals surface area contributed by atoms with Crippen LogP contribution in [-0.4, -0.2) is 76.3 Å². The lowest BCUT2D eigenvalue weighted by molar-refractivity contribution is -0.146. The maximum absolute atomic E-state index is 12.3. The number of aliphatic hydroxyl groups excluding tert-OH is 1. The number of aliphatic hydroxyl groups is 1. The molecule has 1 saturated heterocycles. The van der Waals surface area contributed by atoms with E-state index >= 15 is 0 Å². The third-order valence-electron chi connectivity index (χ3n) is 7.04. The van der Waals surface area contributed by atoms with Crippen molar-refractivity contribution in [3.8, 4) is 17.2 Å². The summed E-state index contributed by atoms with van der Waals surface area (Å²) in [5.41, 5.74) is 1.71. The number of β-amino-alcohol motifs (C(OH)–C–C–N with tert-alkyl or cyclic N) is 1. The minimum Gasteiger partial charge on any atom is -0.497 e. The van der Waals surface area contributed by atoms with Gasteiger partial charge in [-0.3, -0.25) is 9.69 Å². The molecule has 38 heavy (non-hydrogen) atoms. The molecule has 0 unspecified atom stereocenters. The van der Waals surface area contributed by atoms with Crippen LogP contribution in [0.4, 0.5) is 0 Å². The Bertz CT molecular complexity index is 1060. The summed E-state index contributed by atoms with van der Waals surface area (Å²) in [6, 6.07) is 22.9. The fraction of sp³-hybridized carbons (Fsp3) is 0.367. The van der Waals surface area contributed by atoms with Crippen LogP contribution in [0.3, 0.4) is 0 Å². The Balaban J connectivity index is 1.77. The molecular formula is C30H35NO7. The number of benzene rings is 3. The molecule has 8 heteroatoms. The molecule has 0 saturated carbocycles. The highest BCUT2D eigenvalue weighted by Crippen LogP contribution is 2.42. The van der Waals surface area contributed by atoms with Gasteiger partial charge >= 0.3 is 5.97 Å². The first-order valence-corrected chi connectivity index (χ1v) is 12.5. The smallest absolute Gasteiger partial charge is 0.323 e. The van der Waals surface area contributed by atoms with Crippen molar-refractivity contribution in [2.24, 2.45) is 0 Å². The molecule has 0 aromatic heterocycles. The van der Waals surface area contributed by atoms with Crippen LogP contribution < -0.4 is 14.2 Å². The molecule has 4 rings (SSSR count). The molecule has 2 atom stereocenters. The van der Waals surface area contributed by atoms with Gasteiger partial charge in [0.1, 0.15) is 28.9 Å². The van der Waals surface area contributed by atoms with E-state index < -0.39 is 17.7 Å². The monoisotopic (exact) mass is 521 g/mol. The van der Waals surface area contributed by atoms with Crippen molar-refractivity contribution in [1.29, 1.82) is 0 Å². The Labute approximate surface area is 223 Å². The van der Waals surface area contributed by atoms with Crippen LogP contribution in [-0.2, 0) is 19.9 Å². The van der Waals surface area contributed by atoms with Gasteiger partial charge in [-0.15, -0.1) is 0 Å². The second-order valence-electron chi connectivity index (χ2n) is 9.14. The summed E-state index contributed by atoms with van der Waals surface area (Å²) in [6.45, 7) is 1.09. The van der Waals surface area contributed by atoms with Crippen molar-refractivity contribution in [2.75, 3.05) is 48.1 Å².